The van der Waals surface area contributed by atoms with E-state index in [4.69, 9.17) is 10.2 Å². The molecule has 2 N–H and O–H groups in total. The first-order valence-corrected chi connectivity index (χ1v) is 5.77. The van der Waals surface area contributed by atoms with Crippen molar-refractivity contribution in [3.8, 4) is 0 Å². The van der Waals surface area contributed by atoms with Crippen molar-refractivity contribution in [2.75, 3.05) is 7.05 Å². The molecule has 0 saturated heterocycles. The van der Waals surface area contributed by atoms with Gasteiger partial charge < -0.3 is 15.1 Å². The van der Waals surface area contributed by atoms with E-state index in [1.165, 1.54) is 12.5 Å². The van der Waals surface area contributed by atoms with E-state index in [0.29, 0.717) is 18.7 Å². The zero-order chi connectivity index (χ0) is 13.0. The number of nitrogens with zero attached hydrogens (tertiary/aromatic N) is 1. The molecular weight excluding hydrogens is 228 g/mol. The highest BCUT2D eigenvalue weighted by Crippen LogP contribution is 2.12. The van der Waals surface area contributed by atoms with Crippen LogP contribution in [-0.4, -0.2) is 17.9 Å². The summed E-state index contributed by atoms with van der Waals surface area (Å²) in [5.74, 6) is -0.0597. The van der Waals surface area contributed by atoms with Gasteiger partial charge in [-0.1, -0.05) is 24.3 Å². The van der Waals surface area contributed by atoms with Crippen LogP contribution in [0.5, 0.6) is 0 Å². The third kappa shape index (κ3) is 2.60. The molecule has 1 aromatic carbocycles. The quantitative estimate of drug-likeness (QED) is 0.895. The zero-order valence-electron chi connectivity index (χ0n) is 10.3. The van der Waals surface area contributed by atoms with Gasteiger partial charge in [-0.25, -0.2) is 0 Å². The van der Waals surface area contributed by atoms with Crippen molar-refractivity contribution < 1.29 is 9.21 Å². The molecule has 2 rings (SSSR count). The molecule has 18 heavy (non-hydrogen) atoms. The summed E-state index contributed by atoms with van der Waals surface area (Å²) in [5.41, 5.74) is 8.37. The molecule has 0 spiro atoms. The molecule has 0 unspecified atom stereocenters. The van der Waals surface area contributed by atoms with Gasteiger partial charge in [-0.15, -0.1) is 0 Å². The highest BCUT2D eigenvalue weighted by molar-refractivity contribution is 5.93. The molecule has 4 nitrogen and oxygen atoms in total. The lowest BCUT2D eigenvalue weighted by Gasteiger charge is -2.18. The number of hydrogen-bond donors (Lipinski definition) is 1. The maximum absolute atomic E-state index is 12.0. The summed E-state index contributed by atoms with van der Waals surface area (Å²) in [6.07, 6.45) is 2.95. The molecule has 2 aromatic rings. The number of carbonyl (C=O) groups is 1. The lowest BCUT2D eigenvalue weighted by atomic mass is 10.1. The first-order chi connectivity index (χ1) is 8.72. The van der Waals surface area contributed by atoms with E-state index in [2.05, 4.69) is 0 Å². The Kier molecular flexibility index (Phi) is 3.79. The van der Waals surface area contributed by atoms with Crippen molar-refractivity contribution >= 4 is 5.91 Å². The summed E-state index contributed by atoms with van der Waals surface area (Å²) >= 11 is 0. The molecule has 1 heterocycles. The zero-order valence-corrected chi connectivity index (χ0v) is 10.3. The number of benzene rings is 1. The van der Waals surface area contributed by atoms with Crippen LogP contribution in [0.4, 0.5) is 0 Å². The molecular formula is C14H16N2O2. The van der Waals surface area contributed by atoms with Crippen LogP contribution in [0, 0.1) is 0 Å². The fraction of sp³-hybridized carbons (Fsp3) is 0.214. The lowest BCUT2D eigenvalue weighted by Crippen LogP contribution is -2.26. The molecule has 0 radical (unpaired) electrons. The highest BCUT2D eigenvalue weighted by Gasteiger charge is 2.13. The van der Waals surface area contributed by atoms with Crippen LogP contribution in [0.25, 0.3) is 0 Å². The molecule has 94 valence electrons. The van der Waals surface area contributed by atoms with E-state index in [1.54, 1.807) is 18.0 Å². The van der Waals surface area contributed by atoms with E-state index in [-0.39, 0.29) is 5.91 Å². The van der Waals surface area contributed by atoms with Crippen LogP contribution in [0.1, 0.15) is 21.5 Å². The van der Waals surface area contributed by atoms with Crippen molar-refractivity contribution in [3.63, 3.8) is 0 Å². The van der Waals surface area contributed by atoms with Gasteiger partial charge in [0.25, 0.3) is 5.91 Å². The second-order valence-electron chi connectivity index (χ2n) is 4.15. The molecule has 1 aromatic heterocycles. The van der Waals surface area contributed by atoms with Gasteiger partial charge >= 0.3 is 0 Å². The van der Waals surface area contributed by atoms with E-state index >= 15 is 0 Å². The first kappa shape index (κ1) is 12.4. The Morgan fingerprint density at radius 3 is 2.61 bits per heavy atom. The van der Waals surface area contributed by atoms with E-state index in [0.717, 1.165) is 11.1 Å². The summed E-state index contributed by atoms with van der Waals surface area (Å²) in [5, 5.41) is 0. The van der Waals surface area contributed by atoms with Crippen LogP contribution in [-0.2, 0) is 13.1 Å². The highest BCUT2D eigenvalue weighted by atomic mass is 16.3. The van der Waals surface area contributed by atoms with Gasteiger partial charge in [0.15, 0.2) is 0 Å². The van der Waals surface area contributed by atoms with E-state index < -0.39 is 0 Å². The Balaban J connectivity index is 2.11. The average Bonchev–Trinajstić information content (AvgIpc) is 2.92. The van der Waals surface area contributed by atoms with Crippen molar-refractivity contribution in [2.45, 2.75) is 13.1 Å². The Morgan fingerprint density at radius 1 is 1.28 bits per heavy atom. The molecule has 4 heteroatoms. The van der Waals surface area contributed by atoms with Crippen molar-refractivity contribution in [3.05, 3.63) is 59.5 Å². The van der Waals surface area contributed by atoms with E-state index in [1.807, 2.05) is 24.3 Å². The van der Waals surface area contributed by atoms with Gasteiger partial charge in [0.2, 0.25) is 0 Å². The Labute approximate surface area is 106 Å². The second kappa shape index (κ2) is 5.51. The standard InChI is InChI=1S/C14H16N2O2/c1-16(14(17)13-6-7-18-10-13)9-12-5-3-2-4-11(12)8-15/h2-7,10H,8-9,15H2,1H3. The average molecular weight is 244 g/mol. The Bertz CT molecular complexity index is 520. The van der Waals surface area contributed by atoms with Gasteiger partial charge in [-0.2, -0.15) is 0 Å². The fourth-order valence-corrected chi connectivity index (χ4v) is 1.84. The molecule has 0 aliphatic carbocycles. The van der Waals surface area contributed by atoms with Gasteiger partial charge in [0.05, 0.1) is 11.8 Å². The molecule has 0 fully saturated rings. The van der Waals surface area contributed by atoms with Gasteiger partial charge in [-0.3, -0.25) is 4.79 Å². The summed E-state index contributed by atoms with van der Waals surface area (Å²) in [6.45, 7) is 1.02. The topological polar surface area (TPSA) is 59.5 Å². The van der Waals surface area contributed by atoms with Crippen LogP contribution >= 0.6 is 0 Å². The van der Waals surface area contributed by atoms with Gasteiger partial charge in [0.1, 0.15) is 6.26 Å². The minimum absolute atomic E-state index is 0.0597. The van der Waals surface area contributed by atoms with Crippen molar-refractivity contribution in [1.29, 1.82) is 0 Å². The Morgan fingerprint density at radius 2 is 2.00 bits per heavy atom. The SMILES string of the molecule is CN(Cc1ccccc1CN)C(=O)c1ccoc1. The molecule has 0 saturated carbocycles. The van der Waals surface area contributed by atoms with Crippen LogP contribution in [0.3, 0.4) is 0 Å². The lowest BCUT2D eigenvalue weighted by molar-refractivity contribution is 0.0784. The normalized spacial score (nSPS) is 10.3. The van der Waals surface area contributed by atoms with Gasteiger partial charge in [-0.05, 0) is 17.2 Å². The third-order valence-corrected chi connectivity index (χ3v) is 2.86. The third-order valence-electron chi connectivity index (χ3n) is 2.86. The maximum atomic E-state index is 12.0. The number of furan rings is 1. The van der Waals surface area contributed by atoms with Crippen molar-refractivity contribution in [1.82, 2.24) is 4.90 Å². The monoisotopic (exact) mass is 244 g/mol. The summed E-state index contributed by atoms with van der Waals surface area (Å²) in [6, 6.07) is 9.52. The molecule has 0 aliphatic heterocycles. The number of carbonyl (C=O) groups excluding carboxylic acids is 1. The van der Waals surface area contributed by atoms with E-state index in [9.17, 15) is 4.79 Å². The number of amides is 1. The number of rotatable bonds is 4. The van der Waals surface area contributed by atoms with Gasteiger partial charge in [0, 0.05) is 20.1 Å². The predicted octanol–water partition coefficient (Wildman–Crippen LogP) is 2.01. The smallest absolute Gasteiger partial charge is 0.257 e. The summed E-state index contributed by atoms with van der Waals surface area (Å²) in [7, 11) is 1.77. The first-order valence-electron chi connectivity index (χ1n) is 5.77. The molecule has 1 amide bonds. The largest absolute Gasteiger partial charge is 0.472 e. The fourth-order valence-electron chi connectivity index (χ4n) is 1.84. The minimum atomic E-state index is -0.0597. The van der Waals surface area contributed by atoms with Crippen LogP contribution in [0.15, 0.2) is 47.3 Å². The number of hydrogen-bond acceptors (Lipinski definition) is 3. The molecule has 0 atom stereocenters. The predicted molar refractivity (Wildman–Crippen MR) is 68.8 cm³/mol. The Hall–Kier alpha value is -2.07. The second-order valence-corrected chi connectivity index (χ2v) is 4.15. The molecule has 0 bridgehead atoms. The summed E-state index contributed by atoms with van der Waals surface area (Å²) in [4.78, 5) is 13.7. The van der Waals surface area contributed by atoms with Crippen LogP contribution < -0.4 is 5.73 Å². The molecule has 0 aliphatic rings. The minimum Gasteiger partial charge on any atom is -0.472 e. The maximum Gasteiger partial charge on any atom is 0.257 e. The van der Waals surface area contributed by atoms with Crippen LogP contribution in [0.2, 0.25) is 0 Å². The summed E-state index contributed by atoms with van der Waals surface area (Å²) < 4.78 is 4.91. The number of nitrogens with two attached hydrogens (primary N) is 1. The van der Waals surface area contributed by atoms with Crippen molar-refractivity contribution in [2.24, 2.45) is 5.73 Å².